The number of H-pyrrole nitrogens is 1. The van der Waals surface area contributed by atoms with Crippen molar-refractivity contribution in [2.75, 3.05) is 7.05 Å². The van der Waals surface area contributed by atoms with Crippen molar-refractivity contribution < 1.29 is 14.1 Å². The molecule has 0 radical (unpaired) electrons. The summed E-state index contributed by atoms with van der Waals surface area (Å²) in [5.41, 5.74) is 3.05. The number of hydrogen-bond acceptors (Lipinski definition) is 5. The Hall–Kier alpha value is -2.15. The maximum Gasteiger partial charge on any atom is 0.274 e. The molecular weight excluding hydrogens is 284 g/mol. The lowest BCUT2D eigenvalue weighted by Crippen LogP contribution is -2.29. The lowest BCUT2D eigenvalue weighted by Gasteiger charge is -2.25. The number of carbonyl (C=O) groups is 1. The van der Waals surface area contributed by atoms with Gasteiger partial charge >= 0.3 is 0 Å². The second kappa shape index (κ2) is 5.57. The maximum absolute atomic E-state index is 12.6. The molecular formula is C15H20N4O3. The number of amides is 1. The molecule has 7 heteroatoms. The highest BCUT2D eigenvalue weighted by molar-refractivity contribution is 5.93. The summed E-state index contributed by atoms with van der Waals surface area (Å²) in [6.45, 7) is 6.18. The Balaban J connectivity index is 1.80. The highest BCUT2D eigenvalue weighted by atomic mass is 16.5. The summed E-state index contributed by atoms with van der Waals surface area (Å²) in [6.07, 6.45) is 0.695. The molecule has 22 heavy (non-hydrogen) atoms. The normalized spacial score (nSPS) is 20.7. The standard InChI is InChI=1S/C15H20N4O3/c1-8-6-12-13(10(3)21-8)16-17-14(12)15(20)19(4)7-11-5-9(2)22-18-11/h5,8,10H,6-7H2,1-4H3,(H,16,17)/t8-,10+/m1/s1. The lowest BCUT2D eigenvalue weighted by atomic mass is 9.99. The van der Waals surface area contributed by atoms with Crippen LogP contribution in [0.15, 0.2) is 10.6 Å². The highest BCUT2D eigenvalue weighted by Gasteiger charge is 2.30. The third-order valence-corrected chi connectivity index (χ3v) is 3.86. The molecule has 3 heterocycles. The first-order chi connectivity index (χ1) is 10.5. The summed E-state index contributed by atoms with van der Waals surface area (Å²) in [5, 5.41) is 11.1. The fourth-order valence-electron chi connectivity index (χ4n) is 2.84. The highest BCUT2D eigenvalue weighted by Crippen LogP contribution is 2.30. The molecule has 0 fully saturated rings. The zero-order chi connectivity index (χ0) is 15.9. The molecule has 0 aromatic carbocycles. The molecule has 1 N–H and O–H groups in total. The topological polar surface area (TPSA) is 84.2 Å². The van der Waals surface area contributed by atoms with Crippen LogP contribution in [0.2, 0.25) is 0 Å². The SMILES string of the molecule is Cc1cc(CN(C)C(=O)c2n[nH]c3c2C[C@@H](C)O[C@H]3C)no1. The van der Waals surface area contributed by atoms with Crippen LogP contribution in [0, 0.1) is 6.92 Å². The van der Waals surface area contributed by atoms with Crippen LogP contribution in [0.5, 0.6) is 0 Å². The Morgan fingerprint density at radius 3 is 2.95 bits per heavy atom. The van der Waals surface area contributed by atoms with E-state index in [9.17, 15) is 4.79 Å². The predicted octanol–water partition coefficient (Wildman–Crippen LogP) is 2.00. The third kappa shape index (κ3) is 2.64. The zero-order valence-electron chi connectivity index (χ0n) is 13.2. The summed E-state index contributed by atoms with van der Waals surface area (Å²) >= 11 is 0. The summed E-state index contributed by atoms with van der Waals surface area (Å²) in [7, 11) is 1.74. The van der Waals surface area contributed by atoms with E-state index in [0.29, 0.717) is 18.7 Å². The monoisotopic (exact) mass is 304 g/mol. The van der Waals surface area contributed by atoms with Crippen LogP contribution >= 0.6 is 0 Å². The smallest absolute Gasteiger partial charge is 0.274 e. The van der Waals surface area contributed by atoms with Crippen molar-refractivity contribution in [1.82, 2.24) is 20.3 Å². The van der Waals surface area contributed by atoms with Crippen LogP contribution in [-0.2, 0) is 17.7 Å². The second-order valence-electron chi connectivity index (χ2n) is 5.85. The first kappa shape index (κ1) is 14.8. The van der Waals surface area contributed by atoms with E-state index in [1.165, 1.54) is 0 Å². The summed E-state index contributed by atoms with van der Waals surface area (Å²) in [5.74, 6) is 0.604. The van der Waals surface area contributed by atoms with Gasteiger partial charge in [-0.1, -0.05) is 5.16 Å². The number of nitrogens with zero attached hydrogens (tertiary/aromatic N) is 3. The van der Waals surface area contributed by atoms with E-state index in [2.05, 4.69) is 15.4 Å². The molecule has 1 amide bonds. The Morgan fingerprint density at radius 1 is 1.50 bits per heavy atom. The number of hydrogen-bond donors (Lipinski definition) is 1. The van der Waals surface area contributed by atoms with Crippen LogP contribution in [0.4, 0.5) is 0 Å². The van der Waals surface area contributed by atoms with Gasteiger partial charge < -0.3 is 14.2 Å². The van der Waals surface area contributed by atoms with Crippen molar-refractivity contribution in [2.45, 2.75) is 45.9 Å². The number of nitrogens with one attached hydrogen (secondary N) is 1. The zero-order valence-corrected chi connectivity index (χ0v) is 13.2. The maximum atomic E-state index is 12.6. The van der Waals surface area contributed by atoms with Crippen LogP contribution < -0.4 is 0 Å². The molecule has 1 aliphatic heterocycles. The number of carbonyl (C=O) groups excluding carboxylic acids is 1. The van der Waals surface area contributed by atoms with Crippen LogP contribution in [0.25, 0.3) is 0 Å². The number of aryl methyl sites for hydroxylation is 1. The van der Waals surface area contributed by atoms with Crippen molar-refractivity contribution in [1.29, 1.82) is 0 Å². The molecule has 0 spiro atoms. The first-order valence-corrected chi connectivity index (χ1v) is 7.36. The minimum atomic E-state index is -0.126. The van der Waals surface area contributed by atoms with Gasteiger partial charge in [0.15, 0.2) is 5.69 Å². The van der Waals surface area contributed by atoms with E-state index in [4.69, 9.17) is 9.26 Å². The summed E-state index contributed by atoms with van der Waals surface area (Å²) in [6, 6.07) is 1.82. The van der Waals surface area contributed by atoms with Gasteiger partial charge in [-0.15, -0.1) is 0 Å². The second-order valence-corrected chi connectivity index (χ2v) is 5.85. The van der Waals surface area contributed by atoms with Gasteiger partial charge in [0.05, 0.1) is 24.4 Å². The van der Waals surface area contributed by atoms with Crippen LogP contribution in [0.3, 0.4) is 0 Å². The van der Waals surface area contributed by atoms with E-state index < -0.39 is 0 Å². The van der Waals surface area contributed by atoms with Gasteiger partial charge in [0, 0.05) is 25.1 Å². The van der Waals surface area contributed by atoms with Crippen molar-refractivity contribution in [3.8, 4) is 0 Å². The van der Waals surface area contributed by atoms with Gasteiger partial charge in [-0.25, -0.2) is 0 Å². The molecule has 0 unspecified atom stereocenters. The average molecular weight is 304 g/mol. The van der Waals surface area contributed by atoms with Crippen molar-refractivity contribution in [3.63, 3.8) is 0 Å². The molecule has 0 bridgehead atoms. The Labute approximate surface area is 128 Å². The van der Waals surface area contributed by atoms with Crippen LogP contribution in [-0.4, -0.2) is 39.3 Å². The average Bonchev–Trinajstić information content (AvgIpc) is 3.04. The molecule has 3 rings (SSSR count). The Bertz CT molecular complexity index is 691. The summed E-state index contributed by atoms with van der Waals surface area (Å²) in [4.78, 5) is 14.2. The van der Waals surface area contributed by atoms with E-state index in [0.717, 1.165) is 22.7 Å². The predicted molar refractivity (Wildman–Crippen MR) is 78.3 cm³/mol. The van der Waals surface area contributed by atoms with Gasteiger partial charge in [0.2, 0.25) is 0 Å². The first-order valence-electron chi connectivity index (χ1n) is 7.36. The molecule has 0 saturated heterocycles. The quantitative estimate of drug-likeness (QED) is 0.937. The van der Waals surface area contributed by atoms with Crippen LogP contribution in [0.1, 0.15) is 53.2 Å². The van der Waals surface area contributed by atoms with Crippen molar-refractivity contribution in [3.05, 3.63) is 34.5 Å². The molecule has 118 valence electrons. The van der Waals surface area contributed by atoms with E-state index >= 15 is 0 Å². The fourth-order valence-corrected chi connectivity index (χ4v) is 2.84. The molecule has 2 aromatic heterocycles. The third-order valence-electron chi connectivity index (χ3n) is 3.86. The minimum absolute atomic E-state index is 0.0729. The number of fused-ring (bicyclic) bond motifs is 1. The molecule has 0 saturated carbocycles. The number of aromatic amines is 1. The minimum Gasteiger partial charge on any atom is -0.369 e. The van der Waals surface area contributed by atoms with E-state index in [-0.39, 0.29) is 18.1 Å². The Morgan fingerprint density at radius 2 is 2.27 bits per heavy atom. The lowest BCUT2D eigenvalue weighted by molar-refractivity contribution is -0.00701. The van der Waals surface area contributed by atoms with E-state index in [1.54, 1.807) is 11.9 Å². The molecule has 2 atom stereocenters. The number of ether oxygens (including phenoxy) is 1. The largest absolute Gasteiger partial charge is 0.369 e. The number of rotatable bonds is 3. The fraction of sp³-hybridized carbons (Fsp3) is 0.533. The van der Waals surface area contributed by atoms with Crippen molar-refractivity contribution >= 4 is 5.91 Å². The molecule has 0 aliphatic carbocycles. The van der Waals surface area contributed by atoms with E-state index in [1.807, 2.05) is 26.8 Å². The van der Waals surface area contributed by atoms with Gasteiger partial charge in [-0.2, -0.15) is 5.10 Å². The van der Waals surface area contributed by atoms with Gasteiger partial charge in [-0.05, 0) is 20.8 Å². The summed E-state index contributed by atoms with van der Waals surface area (Å²) < 4.78 is 10.8. The van der Waals surface area contributed by atoms with Crippen molar-refractivity contribution in [2.24, 2.45) is 0 Å². The van der Waals surface area contributed by atoms with Gasteiger partial charge in [-0.3, -0.25) is 9.89 Å². The Kier molecular flexibility index (Phi) is 3.74. The van der Waals surface area contributed by atoms with Gasteiger partial charge in [0.1, 0.15) is 11.5 Å². The number of aromatic nitrogens is 3. The molecule has 1 aliphatic rings. The van der Waals surface area contributed by atoms with Gasteiger partial charge in [0.25, 0.3) is 5.91 Å². The molecule has 2 aromatic rings. The molecule has 7 nitrogen and oxygen atoms in total.